The Labute approximate surface area is 150 Å². The van der Waals surface area contributed by atoms with Crippen LogP contribution in [0.4, 0.5) is 0 Å². The van der Waals surface area contributed by atoms with Gasteiger partial charge < -0.3 is 0 Å². The maximum absolute atomic E-state index is 13.4. The van der Waals surface area contributed by atoms with Crippen molar-refractivity contribution in [3.8, 4) is 0 Å². The Hall–Kier alpha value is -1.54. The van der Waals surface area contributed by atoms with Gasteiger partial charge in [0.05, 0.1) is 10.9 Å². The number of aryl methyl sites for hydroxylation is 3. The number of hydrogen-bond donors (Lipinski definition) is 0. The predicted octanol–water partition coefficient (Wildman–Crippen LogP) is 2.88. The highest BCUT2D eigenvalue weighted by atomic mass is 32.3. The molecule has 0 radical (unpaired) electrons. The van der Waals surface area contributed by atoms with E-state index in [1.165, 1.54) is 0 Å². The van der Waals surface area contributed by atoms with E-state index in [0.717, 1.165) is 20.4 Å². The van der Waals surface area contributed by atoms with Crippen LogP contribution in [-0.2, 0) is 31.9 Å². The molecule has 0 N–H and O–H groups in total. The van der Waals surface area contributed by atoms with Crippen molar-refractivity contribution in [3.05, 3.63) is 64.2 Å². The fourth-order valence-electron chi connectivity index (χ4n) is 4.01. The van der Waals surface area contributed by atoms with Crippen molar-refractivity contribution in [2.45, 2.75) is 44.2 Å². The summed E-state index contributed by atoms with van der Waals surface area (Å²) in [5.74, 6) is 0. The van der Waals surface area contributed by atoms with Crippen LogP contribution in [0.15, 0.2) is 41.3 Å². The monoisotopic (exact) mass is 377 g/mol. The lowest BCUT2D eigenvalue weighted by Gasteiger charge is -2.22. The van der Waals surface area contributed by atoms with Crippen molar-refractivity contribution >= 4 is 21.3 Å². The lowest BCUT2D eigenvalue weighted by atomic mass is 10.1. The minimum absolute atomic E-state index is 0.222. The highest BCUT2D eigenvalue weighted by Crippen LogP contribution is 2.46. The third-order valence-corrected chi connectivity index (χ3v) is 8.57. The second-order valence-electron chi connectivity index (χ2n) is 6.69. The van der Waals surface area contributed by atoms with E-state index in [1.807, 2.05) is 43.3 Å². The zero-order chi connectivity index (χ0) is 17.9. The summed E-state index contributed by atoms with van der Waals surface area (Å²) in [6, 6.07) is 10.8. The number of sulfonamides is 1. The predicted molar refractivity (Wildman–Crippen MR) is 95.6 cm³/mol. The Balaban J connectivity index is 1.88. The first-order valence-electron chi connectivity index (χ1n) is 8.10. The molecule has 1 heterocycles. The van der Waals surface area contributed by atoms with Crippen LogP contribution in [0.2, 0.25) is 0 Å². The third kappa shape index (κ3) is 2.49. The van der Waals surface area contributed by atoms with Crippen molar-refractivity contribution in [1.29, 1.82) is 0 Å². The first kappa shape index (κ1) is 16.9. The number of rotatable bonds is 2. The van der Waals surface area contributed by atoms with Crippen LogP contribution in [0, 0.1) is 20.8 Å². The number of nitrogens with zero attached hydrogens (tertiary/aromatic N) is 1. The van der Waals surface area contributed by atoms with Crippen LogP contribution in [0.25, 0.3) is 0 Å². The molecule has 0 aromatic heterocycles. The van der Waals surface area contributed by atoms with E-state index in [4.69, 9.17) is 4.18 Å². The molecule has 1 saturated heterocycles. The molecule has 5 nitrogen and oxygen atoms in total. The second kappa shape index (κ2) is 5.74. The zero-order valence-electron chi connectivity index (χ0n) is 14.2. The Morgan fingerprint density at radius 1 is 1.12 bits per heavy atom. The normalized spacial score (nSPS) is 25.8. The smallest absolute Gasteiger partial charge is 0.257 e. The molecule has 1 aliphatic carbocycles. The molecule has 1 aliphatic heterocycles. The van der Waals surface area contributed by atoms with Crippen molar-refractivity contribution < 1.29 is 16.8 Å². The Morgan fingerprint density at radius 3 is 2.44 bits per heavy atom. The average molecular weight is 377 g/mol. The molecule has 3 atom stereocenters. The molecule has 0 saturated carbocycles. The molecular weight excluding hydrogens is 358 g/mol. The molecule has 1 unspecified atom stereocenters. The largest absolute Gasteiger partial charge is 0.272 e. The van der Waals surface area contributed by atoms with Gasteiger partial charge in [0.1, 0.15) is 6.10 Å². The summed E-state index contributed by atoms with van der Waals surface area (Å²) in [5.41, 5.74) is 4.24. The van der Waals surface area contributed by atoms with Gasteiger partial charge in [-0.1, -0.05) is 45.7 Å². The van der Waals surface area contributed by atoms with Gasteiger partial charge in [-0.25, -0.2) is 12.6 Å². The number of hydrogen-bond acceptors (Lipinski definition) is 4. The molecule has 2 aliphatic rings. The SMILES string of the molecule is Cc1cc(C)c(S(=O)(=O)N2[C@@H]3c4ccccc4C[C@@H]3OS2=O)c(C)c1. The minimum atomic E-state index is -3.95. The van der Waals surface area contributed by atoms with Gasteiger partial charge in [0.2, 0.25) is 0 Å². The molecule has 132 valence electrons. The summed E-state index contributed by atoms with van der Waals surface area (Å²) < 4.78 is 45.9. The lowest BCUT2D eigenvalue weighted by Crippen LogP contribution is -2.33. The molecule has 1 fully saturated rings. The summed E-state index contributed by atoms with van der Waals surface area (Å²) >= 11 is -2.02. The van der Waals surface area contributed by atoms with E-state index in [-0.39, 0.29) is 4.90 Å². The van der Waals surface area contributed by atoms with Crippen LogP contribution < -0.4 is 0 Å². The summed E-state index contributed by atoms with van der Waals surface area (Å²) in [5, 5.41) is 0. The van der Waals surface area contributed by atoms with Gasteiger partial charge in [-0.2, -0.15) is 0 Å². The Kier molecular flexibility index (Phi) is 3.88. The van der Waals surface area contributed by atoms with Gasteiger partial charge in [0, 0.05) is 6.42 Å². The molecular formula is C18H19NO4S2. The van der Waals surface area contributed by atoms with Gasteiger partial charge in [0.25, 0.3) is 21.3 Å². The van der Waals surface area contributed by atoms with E-state index in [2.05, 4.69) is 0 Å². The molecule has 2 aromatic rings. The topological polar surface area (TPSA) is 63.7 Å². The molecule has 0 amide bonds. The summed E-state index contributed by atoms with van der Waals surface area (Å²) in [6.45, 7) is 5.47. The van der Waals surface area contributed by atoms with Gasteiger partial charge >= 0.3 is 0 Å². The van der Waals surface area contributed by atoms with Crippen LogP contribution in [-0.4, -0.2) is 22.4 Å². The Bertz CT molecular complexity index is 977. The van der Waals surface area contributed by atoms with E-state index in [1.54, 1.807) is 13.8 Å². The molecule has 25 heavy (non-hydrogen) atoms. The van der Waals surface area contributed by atoms with Crippen LogP contribution in [0.5, 0.6) is 0 Å². The molecule has 4 rings (SSSR count). The third-order valence-electron chi connectivity index (χ3n) is 4.83. The van der Waals surface area contributed by atoms with Crippen molar-refractivity contribution in [2.24, 2.45) is 0 Å². The van der Waals surface area contributed by atoms with Crippen molar-refractivity contribution in [1.82, 2.24) is 3.71 Å². The maximum atomic E-state index is 13.4. The average Bonchev–Trinajstić information content (AvgIpc) is 2.99. The quantitative estimate of drug-likeness (QED) is 0.807. The molecule has 7 heteroatoms. The highest BCUT2D eigenvalue weighted by molar-refractivity contribution is 7.99. The fourth-order valence-corrected chi connectivity index (χ4v) is 7.54. The summed E-state index contributed by atoms with van der Waals surface area (Å²) in [6.07, 6.45) is 0.170. The first-order valence-corrected chi connectivity index (χ1v) is 10.6. The zero-order valence-corrected chi connectivity index (χ0v) is 15.9. The van der Waals surface area contributed by atoms with Gasteiger partial charge in [-0.3, -0.25) is 4.18 Å². The van der Waals surface area contributed by atoms with Crippen molar-refractivity contribution in [3.63, 3.8) is 0 Å². The Morgan fingerprint density at radius 2 is 1.76 bits per heavy atom. The van der Waals surface area contributed by atoms with E-state index < -0.39 is 33.4 Å². The van der Waals surface area contributed by atoms with Crippen LogP contribution >= 0.6 is 0 Å². The summed E-state index contributed by atoms with van der Waals surface area (Å²) in [7, 11) is -3.95. The van der Waals surface area contributed by atoms with E-state index in [9.17, 15) is 12.6 Å². The first-order chi connectivity index (χ1) is 11.8. The second-order valence-corrected chi connectivity index (χ2v) is 9.69. The highest BCUT2D eigenvalue weighted by Gasteiger charge is 2.53. The standard InChI is InChI=1S/C18H19NO4S2/c1-11-8-12(2)18(13(3)9-11)25(21,22)19-17-15-7-5-4-6-14(15)10-16(17)23-24(19)20/h4-9,16-17H,10H2,1-3H3/t16-,17+,24?/m0/s1. The maximum Gasteiger partial charge on any atom is 0.257 e. The van der Waals surface area contributed by atoms with E-state index >= 15 is 0 Å². The van der Waals surface area contributed by atoms with Gasteiger partial charge in [-0.05, 0) is 43.0 Å². The number of benzene rings is 2. The van der Waals surface area contributed by atoms with Gasteiger partial charge in [0.15, 0.2) is 0 Å². The fraction of sp³-hybridized carbons (Fsp3) is 0.333. The minimum Gasteiger partial charge on any atom is -0.272 e. The molecule has 0 spiro atoms. The molecule has 2 aromatic carbocycles. The molecule has 0 bridgehead atoms. The van der Waals surface area contributed by atoms with Crippen LogP contribution in [0.3, 0.4) is 0 Å². The van der Waals surface area contributed by atoms with Crippen molar-refractivity contribution in [2.75, 3.05) is 0 Å². The number of fused-ring (bicyclic) bond motifs is 3. The van der Waals surface area contributed by atoms with E-state index in [0.29, 0.717) is 17.5 Å². The lowest BCUT2D eigenvalue weighted by molar-refractivity contribution is 0.230. The van der Waals surface area contributed by atoms with Crippen LogP contribution in [0.1, 0.15) is 33.9 Å². The summed E-state index contributed by atoms with van der Waals surface area (Å²) in [4.78, 5) is 0.222. The van der Waals surface area contributed by atoms with Gasteiger partial charge in [-0.15, -0.1) is 0 Å².